The molecule has 251 valence electrons. The maximum atomic E-state index is 10.4. The van der Waals surface area contributed by atoms with Crippen LogP contribution in [0.25, 0.3) is 0 Å². The van der Waals surface area contributed by atoms with Gasteiger partial charge in [0.15, 0.2) is 17.7 Å². The molecule has 0 spiro atoms. The molecule has 0 heterocycles. The van der Waals surface area contributed by atoms with E-state index in [-0.39, 0.29) is 32.7 Å². The van der Waals surface area contributed by atoms with Gasteiger partial charge in [0.2, 0.25) is 0 Å². The van der Waals surface area contributed by atoms with Gasteiger partial charge in [0.25, 0.3) is 0 Å². The first-order chi connectivity index (χ1) is 17.1. The molecular weight excluding hydrogens is 821 g/mol. The fourth-order valence-corrected chi connectivity index (χ4v) is 9.35. The van der Waals surface area contributed by atoms with Crippen LogP contribution in [0.4, 0.5) is 0 Å². The SMILES string of the molecule is COP(=O)(O)CP(=O)(O)O.COP(=O)(O)CP(=O)(O)O.COP(=O)(O)CP(=O)(O)O.COP(=O)(O)OP(=O)(O)O.[Y]. The molecule has 25 nitrogen and oxygen atoms in total. The maximum Gasteiger partial charge on any atom is 0.480 e. The summed E-state index contributed by atoms with van der Waals surface area (Å²) in [4.78, 5) is 98.8. The number of rotatable bonds is 12. The zero-order chi connectivity index (χ0) is 33.7. The van der Waals surface area contributed by atoms with Crippen LogP contribution in [0.5, 0.6) is 0 Å². The number of phosphoric ester groups is 1. The molecule has 4 atom stereocenters. The van der Waals surface area contributed by atoms with Gasteiger partial charge < -0.3 is 72.3 Å². The first-order valence-corrected chi connectivity index (χ1v) is 22.2. The predicted octanol–water partition coefficient (Wildman–Crippen LogP) is -0.300. The molecule has 0 fully saturated rings. The third kappa shape index (κ3) is 46.8. The van der Waals surface area contributed by atoms with E-state index >= 15 is 0 Å². The number of hydrogen-bond donors (Lipinski definition) is 12. The molecular formula is C7H30O25P8Y. The molecule has 0 aliphatic carbocycles. The Balaban J connectivity index is -0.000000139. The normalized spacial score (nSPS) is 18.0. The van der Waals surface area contributed by atoms with Gasteiger partial charge in [-0.1, -0.05) is 0 Å². The fraction of sp³-hybridized carbons (Fsp3) is 1.00. The molecule has 0 bridgehead atoms. The quantitative estimate of drug-likeness (QED) is 0.112. The summed E-state index contributed by atoms with van der Waals surface area (Å²) in [6.07, 6.45) is 0. The molecule has 34 heteroatoms. The van der Waals surface area contributed by atoms with Crippen molar-refractivity contribution in [3.05, 3.63) is 0 Å². The van der Waals surface area contributed by atoms with E-state index in [4.69, 9.17) is 58.7 Å². The Hall–Kier alpha value is 2.26. The molecule has 0 aromatic carbocycles. The van der Waals surface area contributed by atoms with Crippen LogP contribution in [0.2, 0.25) is 0 Å². The second-order valence-corrected chi connectivity index (χ2v) is 21.3. The average molecular weight is 851 g/mol. The van der Waals surface area contributed by atoms with Crippen molar-refractivity contribution in [2.75, 3.05) is 46.1 Å². The van der Waals surface area contributed by atoms with Crippen LogP contribution >= 0.6 is 61.2 Å². The zero-order valence-corrected chi connectivity index (χ0v) is 30.9. The van der Waals surface area contributed by atoms with Gasteiger partial charge >= 0.3 is 61.2 Å². The summed E-state index contributed by atoms with van der Waals surface area (Å²) >= 11 is 0. The Morgan fingerprint density at radius 3 is 0.659 bits per heavy atom. The number of hydrogen-bond acceptors (Lipinski definition) is 13. The van der Waals surface area contributed by atoms with Crippen molar-refractivity contribution in [1.82, 2.24) is 0 Å². The van der Waals surface area contributed by atoms with E-state index in [0.717, 1.165) is 28.4 Å². The van der Waals surface area contributed by atoms with Crippen molar-refractivity contribution in [3.8, 4) is 0 Å². The van der Waals surface area contributed by atoms with Crippen LogP contribution in [0, 0.1) is 0 Å². The first kappa shape index (κ1) is 52.8. The molecule has 0 saturated heterocycles. The fourth-order valence-electron chi connectivity index (χ4n) is 1.04. The third-order valence-corrected chi connectivity index (χ3v) is 14.9. The van der Waals surface area contributed by atoms with Gasteiger partial charge in [-0.2, -0.15) is 4.31 Å². The molecule has 0 rings (SSSR count). The third-order valence-electron chi connectivity index (χ3n) is 2.38. The first-order valence-electron chi connectivity index (χ1n) is 8.49. The molecule has 0 aliphatic rings. The molecule has 0 amide bonds. The van der Waals surface area contributed by atoms with Crippen molar-refractivity contribution in [1.29, 1.82) is 0 Å². The predicted molar refractivity (Wildman–Crippen MR) is 131 cm³/mol. The number of phosphoric acid groups is 2. The Bertz CT molecular complexity index is 949. The summed E-state index contributed by atoms with van der Waals surface area (Å²) in [5, 5.41) is 0. The van der Waals surface area contributed by atoms with Gasteiger partial charge in [-0.15, -0.1) is 0 Å². The average Bonchev–Trinajstić information content (AvgIpc) is 2.62. The minimum absolute atomic E-state index is 0. The summed E-state index contributed by atoms with van der Waals surface area (Å²) < 4.78 is 101. The maximum absolute atomic E-state index is 10.4. The van der Waals surface area contributed by atoms with Gasteiger partial charge in [-0.05, 0) is 0 Å². The Morgan fingerprint density at radius 2 is 0.610 bits per heavy atom. The molecule has 0 aromatic rings. The molecule has 12 N–H and O–H groups in total. The second kappa shape index (κ2) is 21.2. The second-order valence-electron chi connectivity index (χ2n) is 6.10. The summed E-state index contributed by atoms with van der Waals surface area (Å²) in [5.41, 5.74) is 0. The van der Waals surface area contributed by atoms with E-state index in [2.05, 4.69) is 22.4 Å². The molecule has 0 aliphatic heterocycles. The van der Waals surface area contributed by atoms with Crippen LogP contribution in [-0.4, -0.2) is 105 Å². The molecule has 4 unspecified atom stereocenters. The van der Waals surface area contributed by atoms with E-state index in [1.807, 2.05) is 0 Å². The minimum atomic E-state index is -4.94. The topological polar surface area (TPSA) is 425 Å². The summed E-state index contributed by atoms with van der Waals surface area (Å²) in [5.74, 6) is -3.39. The van der Waals surface area contributed by atoms with Crippen molar-refractivity contribution in [2.24, 2.45) is 0 Å². The van der Waals surface area contributed by atoms with E-state index in [0.29, 0.717) is 0 Å². The summed E-state index contributed by atoms with van der Waals surface area (Å²) in [6.45, 7) is 0. The Kier molecular flexibility index (Phi) is 27.3. The minimum Gasteiger partial charge on any atom is -0.324 e. The van der Waals surface area contributed by atoms with Gasteiger partial charge in [0.1, 0.15) is 0 Å². The van der Waals surface area contributed by atoms with Gasteiger partial charge in [-0.25, -0.2) is 9.13 Å². The van der Waals surface area contributed by atoms with E-state index in [1.54, 1.807) is 0 Å². The van der Waals surface area contributed by atoms with Crippen LogP contribution in [0.15, 0.2) is 0 Å². The standard InChI is InChI=1S/3C2H8O6P2.CH6O7P2.Y/c3*1-8-10(6,7)2-9(3,4)5;1-7-10(5,6)8-9(2,3)4;/h3*2H2,1H3,(H,6,7)(H2,3,4,5);1H3,(H,5,6)(H2,2,3,4);. The van der Waals surface area contributed by atoms with Crippen LogP contribution < -0.4 is 0 Å². The summed E-state index contributed by atoms with van der Waals surface area (Å²) in [7, 11) is -31.5. The smallest absolute Gasteiger partial charge is 0.324 e. The van der Waals surface area contributed by atoms with Crippen molar-refractivity contribution in [2.45, 2.75) is 0 Å². The molecule has 0 aromatic heterocycles. The zero-order valence-electron chi connectivity index (χ0n) is 21.0. The summed E-state index contributed by atoms with van der Waals surface area (Å²) in [6, 6.07) is 0. The monoisotopic (exact) mass is 851 g/mol. The van der Waals surface area contributed by atoms with Crippen LogP contribution in [0.3, 0.4) is 0 Å². The Labute approximate surface area is 256 Å². The van der Waals surface area contributed by atoms with E-state index in [1.165, 1.54) is 0 Å². The van der Waals surface area contributed by atoms with Crippen molar-refractivity contribution >= 4 is 61.2 Å². The van der Waals surface area contributed by atoms with Gasteiger partial charge in [0, 0.05) is 61.1 Å². The molecule has 41 heavy (non-hydrogen) atoms. The molecule has 1 radical (unpaired) electrons. The van der Waals surface area contributed by atoms with Crippen molar-refractivity contribution in [3.63, 3.8) is 0 Å². The van der Waals surface area contributed by atoms with Crippen LogP contribution in [0.1, 0.15) is 0 Å². The Morgan fingerprint density at radius 1 is 0.415 bits per heavy atom. The van der Waals surface area contributed by atoms with Crippen molar-refractivity contribution < 1.29 is 150 Å². The van der Waals surface area contributed by atoms with Gasteiger partial charge in [-0.3, -0.25) is 31.9 Å². The van der Waals surface area contributed by atoms with E-state index in [9.17, 15) is 36.5 Å². The largest absolute Gasteiger partial charge is 0.480 e. The van der Waals surface area contributed by atoms with Crippen LogP contribution in [-0.2, 0) is 91.6 Å². The van der Waals surface area contributed by atoms with Gasteiger partial charge in [0.05, 0.1) is 0 Å². The molecule has 0 saturated carbocycles. The van der Waals surface area contributed by atoms with E-state index < -0.39 is 78.9 Å².